The largest absolute Gasteiger partial charge is 0.459 e. The van der Waals surface area contributed by atoms with Gasteiger partial charge in [0, 0.05) is 59.8 Å². The molecule has 2 aliphatic rings. The van der Waals surface area contributed by atoms with Gasteiger partial charge in [0.25, 0.3) is 11.8 Å². The number of carbonyl (C=O) groups is 5. The summed E-state index contributed by atoms with van der Waals surface area (Å²) in [5.41, 5.74) is 3.68. The molecule has 0 bridgehead atoms. The molecule has 5 amide bonds. The highest BCUT2D eigenvalue weighted by Crippen LogP contribution is 2.32. The van der Waals surface area contributed by atoms with Crippen LogP contribution in [0.5, 0.6) is 0 Å². The Kier molecular flexibility index (Phi) is 8.20. The molecule has 2 aromatic carbocycles. The van der Waals surface area contributed by atoms with Crippen LogP contribution in [-0.2, 0) is 27.2 Å². The second-order valence-electron chi connectivity index (χ2n) is 11.6. The average molecular weight is 643 g/mol. The molecule has 12 nitrogen and oxygen atoms in total. The van der Waals surface area contributed by atoms with Crippen LogP contribution in [0.3, 0.4) is 0 Å². The molecule has 3 N–H and O–H groups in total. The smallest absolute Gasteiger partial charge is 0.264 e. The molecule has 2 aliphatic heterocycles. The summed E-state index contributed by atoms with van der Waals surface area (Å²) < 4.78 is 6.08. The maximum atomic E-state index is 13.4. The molecule has 12 heteroatoms. The number of rotatable bonds is 10. The average Bonchev–Trinajstić information content (AvgIpc) is 3.63. The summed E-state index contributed by atoms with van der Waals surface area (Å²) in [4.78, 5) is 73.7. The summed E-state index contributed by atoms with van der Waals surface area (Å²) in [6.07, 6.45) is 4.01. The number of furan rings is 1. The summed E-state index contributed by atoms with van der Waals surface area (Å²) in [7, 11) is 0. The minimum Gasteiger partial charge on any atom is -0.459 e. The van der Waals surface area contributed by atoms with Crippen molar-refractivity contribution in [3.8, 4) is 0 Å². The number of aromatic nitrogens is 2. The van der Waals surface area contributed by atoms with Gasteiger partial charge < -0.3 is 15.1 Å². The number of fused-ring (bicyclic) bond motifs is 2. The number of hydrogen-bond donors (Lipinski definition) is 3. The zero-order chi connectivity index (χ0) is 33.2. The second kappa shape index (κ2) is 12.9. The molecule has 0 aliphatic carbocycles. The SMILES string of the molecule is O=C1CCC(N2C(=O)c3cccc(NCCc4cccc(CC(=O)NC(c5cccnc5)c5cc6ccccc6o5)n4)c3C2=O)C(=O)N1. The predicted octanol–water partition coefficient (Wildman–Crippen LogP) is 3.73. The number of para-hydroxylation sites is 1. The van der Waals surface area contributed by atoms with Gasteiger partial charge in [0.2, 0.25) is 17.7 Å². The van der Waals surface area contributed by atoms with Gasteiger partial charge in [0.05, 0.1) is 17.5 Å². The summed E-state index contributed by atoms with van der Waals surface area (Å²) >= 11 is 0. The van der Waals surface area contributed by atoms with E-state index in [2.05, 4.69) is 25.9 Å². The van der Waals surface area contributed by atoms with Gasteiger partial charge in [-0.25, -0.2) is 0 Å². The van der Waals surface area contributed by atoms with Gasteiger partial charge >= 0.3 is 0 Å². The third-order valence-electron chi connectivity index (χ3n) is 8.42. The molecule has 2 unspecified atom stereocenters. The lowest BCUT2D eigenvalue weighted by molar-refractivity contribution is -0.136. The Morgan fingerprint density at radius 2 is 1.79 bits per heavy atom. The zero-order valence-corrected chi connectivity index (χ0v) is 25.6. The van der Waals surface area contributed by atoms with Crippen molar-refractivity contribution in [3.05, 3.63) is 125 Å². The van der Waals surface area contributed by atoms with Gasteiger partial charge in [-0.2, -0.15) is 0 Å². The highest BCUT2D eigenvalue weighted by molar-refractivity contribution is 6.25. The normalized spacial score (nSPS) is 16.5. The van der Waals surface area contributed by atoms with Gasteiger partial charge in [0.15, 0.2) is 0 Å². The fraction of sp³-hybridized carbons (Fsp3) is 0.194. The van der Waals surface area contributed by atoms with Crippen molar-refractivity contribution in [1.82, 2.24) is 25.5 Å². The fourth-order valence-corrected chi connectivity index (χ4v) is 6.14. The van der Waals surface area contributed by atoms with Crippen molar-refractivity contribution in [3.63, 3.8) is 0 Å². The van der Waals surface area contributed by atoms with Crippen molar-refractivity contribution in [1.29, 1.82) is 0 Å². The Labute approximate surface area is 274 Å². The molecule has 5 heterocycles. The van der Waals surface area contributed by atoms with Gasteiger partial charge in [-0.1, -0.05) is 36.4 Å². The summed E-state index contributed by atoms with van der Waals surface area (Å²) in [6, 6.07) is 22.1. The van der Waals surface area contributed by atoms with E-state index in [1.807, 2.05) is 54.6 Å². The van der Waals surface area contributed by atoms with Crippen LogP contribution in [0.4, 0.5) is 5.69 Å². The fourth-order valence-electron chi connectivity index (χ4n) is 6.14. The van der Waals surface area contributed by atoms with E-state index in [1.165, 1.54) is 0 Å². The number of carbonyl (C=O) groups excluding carboxylic acids is 5. The first-order valence-electron chi connectivity index (χ1n) is 15.6. The Bertz CT molecular complexity index is 2040. The van der Waals surface area contributed by atoms with Crippen LogP contribution < -0.4 is 16.0 Å². The van der Waals surface area contributed by atoms with Crippen LogP contribution in [-0.4, -0.2) is 57.0 Å². The van der Waals surface area contributed by atoms with E-state index < -0.39 is 35.7 Å². The molecule has 1 fully saturated rings. The number of piperidine rings is 1. The molecular weight excluding hydrogens is 612 g/mol. The lowest BCUT2D eigenvalue weighted by Gasteiger charge is -2.27. The maximum absolute atomic E-state index is 13.4. The highest BCUT2D eigenvalue weighted by Gasteiger charge is 2.45. The number of nitrogens with zero attached hydrogens (tertiary/aromatic N) is 3. The predicted molar refractivity (Wildman–Crippen MR) is 174 cm³/mol. The second-order valence-corrected chi connectivity index (χ2v) is 11.6. The van der Waals surface area contributed by atoms with Crippen molar-refractivity contribution in [2.75, 3.05) is 11.9 Å². The van der Waals surface area contributed by atoms with Crippen LogP contribution in [0.2, 0.25) is 0 Å². The summed E-state index contributed by atoms with van der Waals surface area (Å²) in [6.45, 7) is 0.383. The van der Waals surface area contributed by atoms with E-state index >= 15 is 0 Å². The molecule has 0 spiro atoms. The molecule has 0 saturated carbocycles. The third kappa shape index (κ3) is 6.03. The first kappa shape index (κ1) is 30.5. The number of pyridine rings is 2. The van der Waals surface area contributed by atoms with Crippen LogP contribution in [0.1, 0.15) is 62.3 Å². The molecule has 2 atom stereocenters. The van der Waals surface area contributed by atoms with Crippen molar-refractivity contribution in [2.45, 2.75) is 37.8 Å². The molecule has 0 radical (unpaired) electrons. The number of nitrogens with one attached hydrogen (secondary N) is 3. The van der Waals surface area contributed by atoms with Gasteiger partial charge in [-0.15, -0.1) is 0 Å². The third-order valence-corrected chi connectivity index (χ3v) is 8.42. The lowest BCUT2D eigenvalue weighted by Crippen LogP contribution is -2.54. The van der Waals surface area contributed by atoms with E-state index in [0.717, 1.165) is 27.1 Å². The highest BCUT2D eigenvalue weighted by atomic mass is 16.3. The molecular formula is C36H30N6O6. The minimum absolute atomic E-state index is 0.0389. The number of amides is 5. The first-order valence-corrected chi connectivity index (χ1v) is 15.6. The van der Waals surface area contributed by atoms with Crippen LogP contribution in [0, 0.1) is 0 Å². The maximum Gasteiger partial charge on any atom is 0.264 e. The number of anilines is 1. The standard InChI is InChI=1S/C36H30N6O6/c43-30-14-13-27(34(45)41-30)42-35(46)25-10-4-11-26(32(25)36(42)47)38-17-15-23-8-3-9-24(39-23)19-31(44)40-33(22-7-5-16-37-20-22)29-18-21-6-1-2-12-28(21)48-29/h1-12,16,18,20,27,33,38H,13-15,17,19H2,(H,40,44)(H,41,43,45). The van der Waals surface area contributed by atoms with E-state index in [0.29, 0.717) is 30.1 Å². The molecule has 240 valence electrons. The van der Waals surface area contributed by atoms with Crippen molar-refractivity contribution < 1.29 is 28.4 Å². The number of hydrogen-bond acceptors (Lipinski definition) is 9. The molecule has 7 rings (SSSR count). The van der Waals surface area contributed by atoms with Crippen LogP contribution in [0.15, 0.2) is 95.7 Å². The first-order chi connectivity index (χ1) is 23.4. The number of imide groups is 2. The Morgan fingerprint density at radius 1 is 0.958 bits per heavy atom. The minimum atomic E-state index is -1.04. The van der Waals surface area contributed by atoms with Gasteiger partial charge in [-0.3, -0.25) is 44.2 Å². The van der Waals surface area contributed by atoms with Crippen molar-refractivity contribution in [2.24, 2.45) is 0 Å². The topological polar surface area (TPSA) is 164 Å². The summed E-state index contributed by atoms with van der Waals surface area (Å²) in [5, 5.41) is 9.45. The monoisotopic (exact) mass is 642 g/mol. The van der Waals surface area contributed by atoms with E-state index in [9.17, 15) is 24.0 Å². The van der Waals surface area contributed by atoms with E-state index in [4.69, 9.17) is 4.42 Å². The Balaban J connectivity index is 1.00. The van der Waals surface area contributed by atoms with E-state index in [-0.39, 0.29) is 36.3 Å². The van der Waals surface area contributed by atoms with E-state index in [1.54, 1.807) is 36.7 Å². The Hall–Kier alpha value is -6.17. The van der Waals surface area contributed by atoms with Crippen LogP contribution >= 0.6 is 0 Å². The molecule has 1 saturated heterocycles. The van der Waals surface area contributed by atoms with Gasteiger partial charge in [-0.05, 0) is 48.9 Å². The zero-order valence-electron chi connectivity index (χ0n) is 25.6. The lowest BCUT2D eigenvalue weighted by atomic mass is 10.0. The molecule has 48 heavy (non-hydrogen) atoms. The molecule has 3 aromatic heterocycles. The Morgan fingerprint density at radius 3 is 2.60 bits per heavy atom. The molecule has 5 aromatic rings. The number of benzene rings is 2. The van der Waals surface area contributed by atoms with Crippen molar-refractivity contribution >= 4 is 46.2 Å². The quantitative estimate of drug-likeness (QED) is 0.193. The van der Waals surface area contributed by atoms with Crippen LogP contribution in [0.25, 0.3) is 11.0 Å². The summed E-state index contributed by atoms with van der Waals surface area (Å²) in [5.74, 6) is -1.87. The van der Waals surface area contributed by atoms with Gasteiger partial charge in [0.1, 0.15) is 23.4 Å².